The first kappa shape index (κ1) is 22.2. The van der Waals surface area contributed by atoms with Gasteiger partial charge in [0.25, 0.3) is 11.8 Å². The fourth-order valence-electron chi connectivity index (χ4n) is 3.17. The Morgan fingerprint density at radius 1 is 1.00 bits per heavy atom. The molecule has 4 aromatic rings. The van der Waals surface area contributed by atoms with E-state index in [1.54, 1.807) is 42.7 Å². The van der Waals surface area contributed by atoms with E-state index < -0.39 is 5.91 Å². The van der Waals surface area contributed by atoms with Gasteiger partial charge in [-0.1, -0.05) is 23.5 Å². The summed E-state index contributed by atoms with van der Waals surface area (Å²) >= 11 is 1.16. The van der Waals surface area contributed by atoms with Gasteiger partial charge in [0, 0.05) is 11.3 Å². The molecule has 0 aliphatic rings. The van der Waals surface area contributed by atoms with Crippen LogP contribution in [0.15, 0.2) is 65.3 Å². The zero-order valence-corrected chi connectivity index (χ0v) is 18.9. The first-order valence-electron chi connectivity index (χ1n) is 10.2. The number of carbonyl (C=O) groups is 2. The van der Waals surface area contributed by atoms with Gasteiger partial charge in [0.05, 0.1) is 12.8 Å². The molecule has 2 N–H and O–H groups in total. The summed E-state index contributed by atoms with van der Waals surface area (Å²) in [5, 5.41) is 14.3. The first-order chi connectivity index (χ1) is 16.0. The molecule has 2 aromatic carbocycles. The quantitative estimate of drug-likeness (QED) is 0.399. The summed E-state index contributed by atoms with van der Waals surface area (Å²) in [4.78, 5) is 25.0. The fraction of sp³-hybridized carbons (Fsp3) is 0.167. The van der Waals surface area contributed by atoms with Crippen LogP contribution in [0.1, 0.15) is 42.1 Å². The largest absolute Gasteiger partial charge is 0.486 e. The van der Waals surface area contributed by atoms with Gasteiger partial charge in [-0.3, -0.25) is 9.59 Å². The molecule has 8 nitrogen and oxygen atoms in total. The van der Waals surface area contributed by atoms with E-state index in [0.29, 0.717) is 22.0 Å². The van der Waals surface area contributed by atoms with Gasteiger partial charge in [0.2, 0.25) is 5.01 Å². The summed E-state index contributed by atoms with van der Waals surface area (Å²) in [7, 11) is 0. The summed E-state index contributed by atoms with van der Waals surface area (Å²) in [6, 6.07) is 16.1. The van der Waals surface area contributed by atoms with Gasteiger partial charge in [0.1, 0.15) is 18.1 Å². The molecular formula is C24H22N4O4S. The Morgan fingerprint density at radius 2 is 1.82 bits per heavy atom. The molecule has 0 aliphatic carbocycles. The number of carbonyl (C=O) groups excluding carboxylic acids is 2. The van der Waals surface area contributed by atoms with Crippen molar-refractivity contribution in [2.75, 3.05) is 5.32 Å². The highest BCUT2D eigenvalue weighted by Gasteiger charge is 2.15. The molecule has 2 heterocycles. The summed E-state index contributed by atoms with van der Waals surface area (Å²) in [5.74, 6) is 0.722. The Hall–Kier alpha value is -3.98. The number of anilines is 1. The van der Waals surface area contributed by atoms with E-state index in [4.69, 9.17) is 9.15 Å². The Morgan fingerprint density at radius 3 is 2.58 bits per heavy atom. The van der Waals surface area contributed by atoms with Crippen LogP contribution in [-0.2, 0) is 13.2 Å². The van der Waals surface area contributed by atoms with Crippen LogP contribution in [0.4, 0.5) is 5.69 Å². The Balaban J connectivity index is 1.34. The van der Waals surface area contributed by atoms with Crippen LogP contribution in [0.2, 0.25) is 0 Å². The molecule has 2 amide bonds. The lowest BCUT2D eigenvalue weighted by Gasteiger charge is -2.07. The molecule has 2 aromatic heterocycles. The van der Waals surface area contributed by atoms with Gasteiger partial charge >= 0.3 is 0 Å². The molecule has 0 radical (unpaired) electrons. The zero-order chi connectivity index (χ0) is 23.2. The Bertz CT molecular complexity index is 1250. The first-order valence-corrected chi connectivity index (χ1v) is 11.0. The normalized spacial score (nSPS) is 10.6. The maximum absolute atomic E-state index is 12.6. The van der Waals surface area contributed by atoms with Gasteiger partial charge in [-0.25, -0.2) is 0 Å². The number of nitrogens with one attached hydrogen (secondary N) is 2. The third-order valence-electron chi connectivity index (χ3n) is 4.60. The van der Waals surface area contributed by atoms with Gasteiger partial charge in [-0.05, 0) is 67.4 Å². The smallest absolute Gasteiger partial charge is 0.286 e. The molecule has 0 saturated heterocycles. The average Bonchev–Trinajstić information content (AvgIpc) is 3.48. The summed E-state index contributed by atoms with van der Waals surface area (Å²) in [6.45, 7) is 4.51. The molecule has 0 fully saturated rings. The number of hydrogen-bond acceptors (Lipinski definition) is 7. The number of amides is 2. The molecule has 0 aliphatic heterocycles. The minimum absolute atomic E-state index is 0.210. The van der Waals surface area contributed by atoms with Crippen molar-refractivity contribution in [3.05, 3.63) is 93.3 Å². The van der Waals surface area contributed by atoms with Crippen LogP contribution in [-0.4, -0.2) is 22.0 Å². The standard InChI is InChI=1S/C24H22N4O4S/c1-15-9-16(2)11-20(10-15)32-14-21-27-28-24(33-21)23(30)26-18-6-3-5-17(12-18)22(29)25-13-19-7-4-8-31-19/h3-12H,13-14H2,1-2H3,(H,25,29)(H,26,30). The summed E-state index contributed by atoms with van der Waals surface area (Å²) in [6.07, 6.45) is 1.55. The van der Waals surface area contributed by atoms with Crippen molar-refractivity contribution >= 4 is 28.8 Å². The topological polar surface area (TPSA) is 106 Å². The van der Waals surface area contributed by atoms with E-state index in [-0.39, 0.29) is 24.1 Å². The van der Waals surface area contributed by atoms with Crippen LogP contribution >= 0.6 is 11.3 Å². The van der Waals surface area contributed by atoms with Gasteiger partial charge in [-0.2, -0.15) is 0 Å². The lowest BCUT2D eigenvalue weighted by Crippen LogP contribution is -2.22. The number of ether oxygens (including phenoxy) is 1. The highest BCUT2D eigenvalue weighted by Crippen LogP contribution is 2.20. The number of aryl methyl sites for hydroxylation is 2. The average molecular weight is 463 g/mol. The number of aromatic nitrogens is 2. The van der Waals surface area contributed by atoms with E-state index >= 15 is 0 Å². The number of hydrogen-bond donors (Lipinski definition) is 2. The van der Waals surface area contributed by atoms with Gasteiger partial charge < -0.3 is 19.8 Å². The highest BCUT2D eigenvalue weighted by atomic mass is 32.1. The van der Waals surface area contributed by atoms with Crippen molar-refractivity contribution in [1.29, 1.82) is 0 Å². The summed E-state index contributed by atoms with van der Waals surface area (Å²) in [5.41, 5.74) is 3.12. The third kappa shape index (κ3) is 6.05. The fourth-order valence-corrected chi connectivity index (χ4v) is 3.82. The maximum atomic E-state index is 12.6. The second kappa shape index (κ2) is 10.1. The SMILES string of the molecule is Cc1cc(C)cc(OCc2nnc(C(=O)Nc3cccc(C(=O)NCc4ccco4)c3)s2)c1. The molecule has 0 bridgehead atoms. The van der Waals surface area contributed by atoms with Crippen molar-refractivity contribution in [3.63, 3.8) is 0 Å². The van der Waals surface area contributed by atoms with Gasteiger partial charge in [-0.15, -0.1) is 10.2 Å². The minimum Gasteiger partial charge on any atom is -0.486 e. The molecule has 168 valence electrons. The van der Waals surface area contributed by atoms with Crippen molar-refractivity contribution < 1.29 is 18.7 Å². The number of furan rings is 1. The zero-order valence-electron chi connectivity index (χ0n) is 18.1. The van der Waals surface area contributed by atoms with Crippen molar-refractivity contribution in [2.45, 2.75) is 27.0 Å². The number of nitrogens with zero attached hydrogens (tertiary/aromatic N) is 2. The van der Waals surface area contributed by atoms with E-state index in [1.165, 1.54) is 0 Å². The van der Waals surface area contributed by atoms with Crippen LogP contribution in [0.25, 0.3) is 0 Å². The second-order valence-electron chi connectivity index (χ2n) is 7.41. The van der Waals surface area contributed by atoms with Crippen molar-refractivity contribution in [2.24, 2.45) is 0 Å². The van der Waals surface area contributed by atoms with Crippen molar-refractivity contribution in [3.8, 4) is 5.75 Å². The van der Waals surface area contributed by atoms with Crippen LogP contribution in [0.3, 0.4) is 0 Å². The minimum atomic E-state index is -0.404. The number of benzene rings is 2. The molecule has 0 saturated carbocycles. The van der Waals surface area contributed by atoms with Crippen molar-refractivity contribution in [1.82, 2.24) is 15.5 Å². The molecule has 0 unspecified atom stereocenters. The monoisotopic (exact) mass is 462 g/mol. The van der Waals surface area contributed by atoms with Crippen LogP contribution in [0.5, 0.6) is 5.75 Å². The molecule has 33 heavy (non-hydrogen) atoms. The lowest BCUT2D eigenvalue weighted by molar-refractivity contribution is 0.0946. The molecule has 4 rings (SSSR count). The lowest BCUT2D eigenvalue weighted by atomic mass is 10.1. The molecular weight excluding hydrogens is 440 g/mol. The van der Waals surface area contributed by atoms with E-state index in [1.807, 2.05) is 26.0 Å². The number of rotatable bonds is 8. The van der Waals surface area contributed by atoms with E-state index in [2.05, 4.69) is 26.9 Å². The van der Waals surface area contributed by atoms with Crippen LogP contribution in [0, 0.1) is 13.8 Å². The third-order valence-corrected chi connectivity index (χ3v) is 5.50. The van der Waals surface area contributed by atoms with Crippen LogP contribution < -0.4 is 15.4 Å². The molecule has 9 heteroatoms. The molecule has 0 atom stereocenters. The predicted molar refractivity (Wildman–Crippen MR) is 124 cm³/mol. The van der Waals surface area contributed by atoms with E-state index in [0.717, 1.165) is 28.2 Å². The summed E-state index contributed by atoms with van der Waals surface area (Å²) < 4.78 is 11.0. The second-order valence-corrected chi connectivity index (χ2v) is 8.47. The predicted octanol–water partition coefficient (Wildman–Crippen LogP) is 4.51. The highest BCUT2D eigenvalue weighted by molar-refractivity contribution is 7.13. The Labute approximate surface area is 194 Å². The Kier molecular flexibility index (Phi) is 6.80. The van der Waals surface area contributed by atoms with E-state index in [9.17, 15) is 9.59 Å². The maximum Gasteiger partial charge on any atom is 0.286 e. The molecule has 0 spiro atoms. The van der Waals surface area contributed by atoms with Gasteiger partial charge in [0.15, 0.2) is 5.01 Å².